The van der Waals surface area contributed by atoms with Crippen LogP contribution in [0.1, 0.15) is 6.92 Å². The fourth-order valence-corrected chi connectivity index (χ4v) is 1.30. The second-order valence-electron chi connectivity index (χ2n) is 3.04. The number of aliphatic hydroxyl groups excluding tert-OH is 2. The van der Waals surface area contributed by atoms with E-state index in [9.17, 15) is 9.50 Å². The van der Waals surface area contributed by atoms with E-state index < -0.39 is 30.6 Å². The van der Waals surface area contributed by atoms with E-state index in [2.05, 4.69) is 0 Å². The lowest BCUT2D eigenvalue weighted by Crippen LogP contribution is -2.56. The molecule has 4 N–H and O–H groups in total. The van der Waals surface area contributed by atoms with Crippen LogP contribution in [-0.2, 0) is 4.74 Å². The van der Waals surface area contributed by atoms with Gasteiger partial charge in [0.15, 0.2) is 6.17 Å². The minimum atomic E-state index is -1.66. The fourth-order valence-electron chi connectivity index (χ4n) is 1.30. The number of hydrogen-bond donors (Lipinski definition) is 3. The molecule has 0 amide bonds. The Hall–Kier alpha value is -0.230. The van der Waals surface area contributed by atoms with E-state index in [4.69, 9.17) is 15.6 Å². The SMILES string of the molecule is C[C@H]1OC(CN)C(O)C(F)C1O. The van der Waals surface area contributed by atoms with E-state index in [1.807, 2.05) is 0 Å². The van der Waals surface area contributed by atoms with Crippen molar-refractivity contribution >= 4 is 0 Å². The van der Waals surface area contributed by atoms with E-state index >= 15 is 0 Å². The Bertz CT molecular complexity index is 153. The van der Waals surface area contributed by atoms with Crippen molar-refractivity contribution in [1.82, 2.24) is 0 Å². The number of nitrogens with two attached hydrogens (primary N) is 1. The number of rotatable bonds is 1. The Kier molecular flexibility index (Phi) is 3.00. The Balaban J connectivity index is 2.63. The number of aliphatic hydroxyl groups is 2. The Morgan fingerprint density at radius 3 is 2.50 bits per heavy atom. The largest absolute Gasteiger partial charge is 0.387 e. The Morgan fingerprint density at radius 2 is 2.00 bits per heavy atom. The molecule has 0 aromatic heterocycles. The third-order valence-electron chi connectivity index (χ3n) is 2.14. The highest BCUT2D eigenvalue weighted by molar-refractivity contribution is 4.90. The minimum Gasteiger partial charge on any atom is -0.387 e. The lowest BCUT2D eigenvalue weighted by molar-refractivity contribution is -0.194. The Labute approximate surface area is 70.1 Å². The molecule has 12 heavy (non-hydrogen) atoms. The molecule has 1 rings (SSSR count). The lowest BCUT2D eigenvalue weighted by Gasteiger charge is -2.37. The van der Waals surface area contributed by atoms with Crippen LogP contribution in [0.3, 0.4) is 0 Å². The van der Waals surface area contributed by atoms with Gasteiger partial charge in [0, 0.05) is 6.54 Å². The van der Waals surface area contributed by atoms with Crippen LogP contribution >= 0.6 is 0 Å². The average Bonchev–Trinajstić information content (AvgIpc) is 2.08. The smallest absolute Gasteiger partial charge is 0.157 e. The number of alkyl halides is 1. The van der Waals surface area contributed by atoms with Crippen molar-refractivity contribution in [3.63, 3.8) is 0 Å². The van der Waals surface area contributed by atoms with Crippen molar-refractivity contribution in [2.45, 2.75) is 37.5 Å². The molecule has 0 bridgehead atoms. The second kappa shape index (κ2) is 3.66. The first-order chi connectivity index (χ1) is 5.57. The monoisotopic (exact) mass is 179 g/mol. The van der Waals surface area contributed by atoms with Crippen molar-refractivity contribution in [1.29, 1.82) is 0 Å². The van der Waals surface area contributed by atoms with Crippen molar-refractivity contribution < 1.29 is 19.3 Å². The molecule has 1 saturated heterocycles. The molecule has 72 valence electrons. The normalized spacial score (nSPS) is 49.2. The van der Waals surface area contributed by atoms with E-state index in [-0.39, 0.29) is 6.54 Å². The van der Waals surface area contributed by atoms with Gasteiger partial charge in [0.25, 0.3) is 0 Å². The van der Waals surface area contributed by atoms with Crippen LogP contribution < -0.4 is 5.73 Å². The summed E-state index contributed by atoms with van der Waals surface area (Å²) in [6.45, 7) is 1.60. The van der Waals surface area contributed by atoms with Gasteiger partial charge in [-0.1, -0.05) is 0 Å². The molecule has 1 fully saturated rings. The maximum atomic E-state index is 13.0. The summed E-state index contributed by atoms with van der Waals surface area (Å²) >= 11 is 0. The van der Waals surface area contributed by atoms with Crippen LogP contribution in [0.4, 0.5) is 4.39 Å². The summed E-state index contributed by atoms with van der Waals surface area (Å²) in [5.41, 5.74) is 5.23. The van der Waals surface area contributed by atoms with Gasteiger partial charge in [0.05, 0.1) is 12.2 Å². The second-order valence-corrected chi connectivity index (χ2v) is 3.04. The van der Waals surface area contributed by atoms with Gasteiger partial charge in [-0.15, -0.1) is 0 Å². The van der Waals surface area contributed by atoms with Gasteiger partial charge in [-0.25, -0.2) is 4.39 Å². The molecule has 0 saturated carbocycles. The standard InChI is InChI=1S/C7H14FNO3/c1-3-6(10)5(8)7(11)4(2-9)12-3/h3-7,10-11H,2,9H2,1H3/t3-,4?,5?,6?,7?/m1/s1. The average molecular weight is 179 g/mol. The molecule has 0 aliphatic carbocycles. The molecular formula is C7H14FNO3. The molecule has 0 aromatic rings. The van der Waals surface area contributed by atoms with Crippen LogP contribution in [0.25, 0.3) is 0 Å². The molecule has 0 spiro atoms. The molecule has 4 unspecified atom stereocenters. The van der Waals surface area contributed by atoms with Crippen LogP contribution in [0.5, 0.6) is 0 Å². The molecule has 0 radical (unpaired) electrons. The first-order valence-electron chi connectivity index (χ1n) is 3.93. The molecular weight excluding hydrogens is 165 g/mol. The third-order valence-corrected chi connectivity index (χ3v) is 2.14. The van der Waals surface area contributed by atoms with E-state index in [1.54, 1.807) is 6.92 Å². The molecule has 1 aliphatic heterocycles. The molecule has 0 aromatic carbocycles. The topological polar surface area (TPSA) is 75.7 Å². The Morgan fingerprint density at radius 1 is 1.42 bits per heavy atom. The minimum absolute atomic E-state index is 0.0542. The van der Waals surface area contributed by atoms with Gasteiger partial charge in [0.1, 0.15) is 12.2 Å². The molecule has 5 heteroatoms. The first kappa shape index (κ1) is 9.85. The summed E-state index contributed by atoms with van der Waals surface area (Å²) < 4.78 is 18.1. The fraction of sp³-hybridized carbons (Fsp3) is 1.00. The summed E-state index contributed by atoms with van der Waals surface area (Å²) in [7, 11) is 0. The molecule has 1 heterocycles. The van der Waals surface area contributed by atoms with Gasteiger partial charge in [-0.05, 0) is 6.92 Å². The van der Waals surface area contributed by atoms with Gasteiger partial charge in [-0.3, -0.25) is 0 Å². The number of ether oxygens (including phenoxy) is 1. The lowest BCUT2D eigenvalue weighted by atomic mass is 9.97. The van der Waals surface area contributed by atoms with Crippen molar-refractivity contribution in [2.24, 2.45) is 5.73 Å². The van der Waals surface area contributed by atoms with E-state index in [1.165, 1.54) is 0 Å². The maximum Gasteiger partial charge on any atom is 0.157 e. The number of hydrogen-bond acceptors (Lipinski definition) is 4. The van der Waals surface area contributed by atoms with E-state index in [0.29, 0.717) is 0 Å². The van der Waals surface area contributed by atoms with Crippen LogP contribution in [0, 0.1) is 0 Å². The molecule has 4 nitrogen and oxygen atoms in total. The van der Waals surface area contributed by atoms with Gasteiger partial charge in [0.2, 0.25) is 0 Å². The van der Waals surface area contributed by atoms with Gasteiger partial charge in [-0.2, -0.15) is 0 Å². The van der Waals surface area contributed by atoms with Crippen LogP contribution in [0.2, 0.25) is 0 Å². The van der Waals surface area contributed by atoms with Crippen LogP contribution in [-0.4, -0.2) is 47.3 Å². The van der Waals surface area contributed by atoms with Crippen molar-refractivity contribution in [3.05, 3.63) is 0 Å². The molecule has 1 aliphatic rings. The van der Waals surface area contributed by atoms with Crippen LogP contribution in [0.15, 0.2) is 0 Å². The maximum absolute atomic E-state index is 13.0. The van der Waals surface area contributed by atoms with Gasteiger partial charge >= 0.3 is 0 Å². The van der Waals surface area contributed by atoms with Crippen molar-refractivity contribution in [3.8, 4) is 0 Å². The highest BCUT2D eigenvalue weighted by Gasteiger charge is 2.42. The zero-order chi connectivity index (χ0) is 9.30. The van der Waals surface area contributed by atoms with Gasteiger partial charge < -0.3 is 20.7 Å². The molecule has 5 atom stereocenters. The zero-order valence-corrected chi connectivity index (χ0v) is 6.85. The highest BCUT2D eigenvalue weighted by atomic mass is 19.1. The predicted molar refractivity (Wildman–Crippen MR) is 40.3 cm³/mol. The van der Waals surface area contributed by atoms with E-state index in [0.717, 1.165) is 0 Å². The first-order valence-corrected chi connectivity index (χ1v) is 3.93. The zero-order valence-electron chi connectivity index (χ0n) is 6.85. The summed E-state index contributed by atoms with van der Waals surface area (Å²) in [5, 5.41) is 18.3. The quantitative estimate of drug-likeness (QED) is 0.472. The third kappa shape index (κ3) is 1.59. The summed E-state index contributed by atoms with van der Waals surface area (Å²) in [5.74, 6) is 0. The predicted octanol–water partition coefficient (Wildman–Crippen LogP) is -1.21. The summed E-state index contributed by atoms with van der Waals surface area (Å²) in [6.07, 6.45) is -5.57. The summed E-state index contributed by atoms with van der Waals surface area (Å²) in [4.78, 5) is 0. The highest BCUT2D eigenvalue weighted by Crippen LogP contribution is 2.22. The van der Waals surface area contributed by atoms with Crippen molar-refractivity contribution in [2.75, 3.05) is 6.54 Å². The summed E-state index contributed by atoms with van der Waals surface area (Å²) in [6, 6.07) is 0. The number of halogens is 1.